The minimum atomic E-state index is -1.24. The second-order valence-electron chi connectivity index (χ2n) is 15.4. The third-order valence-electron chi connectivity index (χ3n) is 11.0. The van der Waals surface area contributed by atoms with E-state index >= 15 is 0 Å². The number of carbonyl (C=O) groups excluding carboxylic acids is 6. The number of hydrogen-bond donors (Lipinski definition) is 9. The van der Waals surface area contributed by atoms with Crippen molar-refractivity contribution < 1.29 is 43.8 Å². The number of phenols is 1. The Kier molecular flexibility index (Phi) is 16.1. The average Bonchev–Trinajstić information content (AvgIpc) is 4.06. The number of carbonyl (C=O) groups is 7. The van der Waals surface area contributed by atoms with Gasteiger partial charge in [-0.3, -0.25) is 28.8 Å². The Labute approximate surface area is 348 Å². The second-order valence-corrected chi connectivity index (χ2v) is 15.4. The van der Waals surface area contributed by atoms with E-state index in [0.29, 0.717) is 42.6 Å². The topological polar surface area (TPSA) is 264 Å². The lowest BCUT2D eigenvalue weighted by atomic mass is 9.96. The molecule has 2 aromatic carbocycles. The number of nitrogens with one attached hydrogen (secondary N) is 7. The number of aromatic amines is 1. The summed E-state index contributed by atoms with van der Waals surface area (Å²) in [5.41, 5.74) is 1.82. The molecule has 0 bridgehead atoms. The SMILES string of the molecule is CC[C@H](C)[C@H](NC(=O)[C@H](Cc1ccc(O)cc1)NC(=O)CNC(=O)[C@@H]1CCCN1)C(=O)N[C@@H](Cc1cnc[nH]1)C(=O)N1CCC[C@H]1C(=O)N[C@@H](Cc1ccccc1)C(=O)O. The molecule has 18 heteroatoms. The summed E-state index contributed by atoms with van der Waals surface area (Å²) < 4.78 is 0. The molecule has 0 aliphatic carbocycles. The monoisotopic (exact) mass is 829 g/mol. The van der Waals surface area contributed by atoms with E-state index in [0.717, 1.165) is 6.42 Å². The van der Waals surface area contributed by atoms with Gasteiger partial charge in [-0.05, 0) is 61.4 Å². The lowest BCUT2D eigenvalue weighted by Crippen LogP contribution is -2.60. The summed E-state index contributed by atoms with van der Waals surface area (Å²) in [7, 11) is 0. The Morgan fingerprint density at radius 1 is 0.817 bits per heavy atom. The number of imidazole rings is 1. The van der Waals surface area contributed by atoms with Crippen molar-refractivity contribution >= 4 is 41.4 Å². The summed E-state index contributed by atoms with van der Waals surface area (Å²) in [6.07, 6.45) is 5.57. The molecule has 2 aliphatic heterocycles. The zero-order chi connectivity index (χ0) is 43.2. The van der Waals surface area contributed by atoms with E-state index in [-0.39, 0.29) is 50.4 Å². The highest BCUT2D eigenvalue weighted by Gasteiger charge is 2.40. The van der Waals surface area contributed by atoms with E-state index in [1.165, 1.54) is 29.6 Å². The van der Waals surface area contributed by atoms with Crippen LogP contribution in [0.4, 0.5) is 0 Å². The van der Waals surface area contributed by atoms with Gasteiger partial charge in [-0.2, -0.15) is 0 Å². The third-order valence-corrected chi connectivity index (χ3v) is 11.0. The number of phenolic OH excluding ortho intramolecular Hbond substituents is 1. The first kappa shape index (κ1) is 44.8. The minimum Gasteiger partial charge on any atom is -0.508 e. The van der Waals surface area contributed by atoms with Gasteiger partial charge in [0.2, 0.25) is 35.4 Å². The molecule has 7 atom stereocenters. The Morgan fingerprint density at radius 2 is 1.53 bits per heavy atom. The molecule has 5 rings (SSSR count). The van der Waals surface area contributed by atoms with Crippen LogP contribution in [-0.4, -0.2) is 122 Å². The van der Waals surface area contributed by atoms with Crippen molar-refractivity contribution in [2.24, 2.45) is 5.92 Å². The summed E-state index contributed by atoms with van der Waals surface area (Å²) in [6.45, 7) is 4.08. The number of benzene rings is 2. The smallest absolute Gasteiger partial charge is 0.326 e. The van der Waals surface area contributed by atoms with Gasteiger partial charge in [0.05, 0.1) is 18.9 Å². The van der Waals surface area contributed by atoms with E-state index in [2.05, 4.69) is 41.9 Å². The van der Waals surface area contributed by atoms with Gasteiger partial charge in [0.25, 0.3) is 0 Å². The molecule has 2 fully saturated rings. The van der Waals surface area contributed by atoms with Crippen molar-refractivity contribution in [3.05, 3.63) is 83.9 Å². The van der Waals surface area contributed by atoms with E-state index in [9.17, 15) is 43.8 Å². The normalized spacial score (nSPS) is 18.6. The lowest BCUT2D eigenvalue weighted by molar-refractivity contribution is -0.145. The molecule has 1 aromatic heterocycles. The molecule has 60 heavy (non-hydrogen) atoms. The van der Waals surface area contributed by atoms with Gasteiger partial charge in [-0.1, -0.05) is 62.7 Å². The summed E-state index contributed by atoms with van der Waals surface area (Å²) in [5, 5.41) is 36.3. The molecule has 3 heterocycles. The van der Waals surface area contributed by atoms with Crippen LogP contribution >= 0.6 is 0 Å². The number of likely N-dealkylation sites (tertiary alicyclic amines) is 1. The highest BCUT2D eigenvalue weighted by atomic mass is 16.4. The van der Waals surface area contributed by atoms with Crippen LogP contribution in [0.2, 0.25) is 0 Å². The Balaban J connectivity index is 1.31. The molecule has 2 aliphatic rings. The Morgan fingerprint density at radius 3 is 2.18 bits per heavy atom. The van der Waals surface area contributed by atoms with Gasteiger partial charge in [0, 0.05) is 37.7 Å². The van der Waals surface area contributed by atoms with Crippen molar-refractivity contribution in [3.63, 3.8) is 0 Å². The van der Waals surface area contributed by atoms with Crippen molar-refractivity contribution in [1.29, 1.82) is 0 Å². The van der Waals surface area contributed by atoms with Crippen molar-refractivity contribution in [1.82, 2.24) is 46.8 Å². The first-order valence-electron chi connectivity index (χ1n) is 20.4. The molecule has 6 amide bonds. The minimum absolute atomic E-state index is 0.00755. The third kappa shape index (κ3) is 12.6. The molecular formula is C42H55N9O9. The fraction of sp³-hybridized carbons (Fsp3) is 0.476. The standard InChI is InChI=1S/C42H55N9O9/c1-3-25(2)36(50-38(55)31(19-27-13-15-29(52)16-14-27)47-35(53)23-45-37(54)30-11-7-17-44-30)40(57)48-32(21-28-22-43-24-46-28)41(58)51-18-8-12-34(51)39(56)49-33(42(59)60)20-26-9-5-4-6-10-26/h4-6,9-10,13-16,22,24-25,30-34,36,44,52H,3,7-8,11-12,17-21,23H2,1-2H3,(H,43,46)(H,45,54)(H,47,53)(H,48,57)(H,49,56)(H,50,55)(H,59,60)/t25-,30-,31-,32-,33-,34-,36-/m0/s1. The lowest BCUT2D eigenvalue weighted by Gasteiger charge is -2.31. The number of hydrogen-bond acceptors (Lipinski definition) is 10. The molecule has 0 unspecified atom stereocenters. The number of carboxylic acids is 1. The van der Waals surface area contributed by atoms with E-state index in [1.54, 1.807) is 49.4 Å². The van der Waals surface area contributed by atoms with Crippen LogP contribution in [0.25, 0.3) is 0 Å². The van der Waals surface area contributed by atoms with Gasteiger partial charge < -0.3 is 52.0 Å². The number of nitrogens with zero attached hydrogens (tertiary/aromatic N) is 2. The van der Waals surface area contributed by atoms with Crippen LogP contribution < -0.4 is 31.9 Å². The van der Waals surface area contributed by atoms with Crippen LogP contribution in [0.3, 0.4) is 0 Å². The molecule has 18 nitrogen and oxygen atoms in total. The average molecular weight is 830 g/mol. The number of aromatic nitrogens is 2. The van der Waals surface area contributed by atoms with Gasteiger partial charge in [-0.25, -0.2) is 9.78 Å². The van der Waals surface area contributed by atoms with Gasteiger partial charge >= 0.3 is 5.97 Å². The number of carboxylic acid groups (broad SMARTS) is 1. The number of H-pyrrole nitrogens is 1. The maximum Gasteiger partial charge on any atom is 0.326 e. The van der Waals surface area contributed by atoms with E-state index in [1.807, 2.05) is 6.92 Å². The molecule has 3 aromatic rings. The first-order chi connectivity index (χ1) is 28.8. The van der Waals surface area contributed by atoms with Crippen LogP contribution in [0.5, 0.6) is 5.75 Å². The van der Waals surface area contributed by atoms with E-state index < -0.39 is 77.7 Å². The molecule has 322 valence electrons. The molecule has 9 N–H and O–H groups in total. The van der Waals surface area contributed by atoms with Crippen LogP contribution in [-0.2, 0) is 52.8 Å². The van der Waals surface area contributed by atoms with Crippen molar-refractivity contribution in [2.45, 2.75) is 101 Å². The number of amides is 6. The second kappa shape index (κ2) is 21.6. The van der Waals surface area contributed by atoms with Gasteiger partial charge in [-0.15, -0.1) is 0 Å². The van der Waals surface area contributed by atoms with Crippen molar-refractivity contribution in [2.75, 3.05) is 19.6 Å². The number of rotatable bonds is 20. The summed E-state index contributed by atoms with van der Waals surface area (Å²) in [5.74, 6) is -5.22. The highest BCUT2D eigenvalue weighted by Crippen LogP contribution is 2.21. The molecule has 0 spiro atoms. The Bertz CT molecular complexity index is 1940. The summed E-state index contributed by atoms with van der Waals surface area (Å²) >= 11 is 0. The quantitative estimate of drug-likeness (QED) is 0.0736. The predicted octanol–water partition coefficient (Wildman–Crippen LogP) is 0.0723. The fourth-order valence-corrected chi connectivity index (χ4v) is 7.38. The summed E-state index contributed by atoms with van der Waals surface area (Å²) in [6, 6.07) is 8.68. The van der Waals surface area contributed by atoms with Crippen molar-refractivity contribution in [3.8, 4) is 5.75 Å². The molecule has 2 saturated heterocycles. The predicted molar refractivity (Wildman–Crippen MR) is 218 cm³/mol. The van der Waals surface area contributed by atoms with Crippen LogP contribution in [0.15, 0.2) is 67.1 Å². The first-order valence-corrected chi connectivity index (χ1v) is 20.4. The molecule has 0 radical (unpaired) electrons. The zero-order valence-electron chi connectivity index (χ0n) is 33.8. The molecule has 0 saturated carbocycles. The fourth-order valence-electron chi connectivity index (χ4n) is 7.38. The number of aromatic hydroxyl groups is 1. The maximum absolute atomic E-state index is 14.4. The van der Waals surface area contributed by atoms with Gasteiger partial charge in [0.15, 0.2) is 0 Å². The van der Waals surface area contributed by atoms with E-state index in [4.69, 9.17) is 0 Å². The largest absolute Gasteiger partial charge is 0.508 e. The highest BCUT2D eigenvalue weighted by molar-refractivity contribution is 5.97. The number of aliphatic carboxylic acids is 1. The summed E-state index contributed by atoms with van der Waals surface area (Å²) in [4.78, 5) is 102. The van der Waals surface area contributed by atoms with Crippen LogP contribution in [0, 0.1) is 5.92 Å². The Hall–Kier alpha value is -6.30. The molecular weight excluding hydrogens is 775 g/mol. The van der Waals surface area contributed by atoms with Gasteiger partial charge in [0.1, 0.15) is 36.0 Å². The zero-order valence-corrected chi connectivity index (χ0v) is 33.8. The van der Waals surface area contributed by atoms with Crippen LogP contribution in [0.1, 0.15) is 62.8 Å². The maximum atomic E-state index is 14.4.